The van der Waals surface area contributed by atoms with E-state index in [9.17, 15) is 4.79 Å². The van der Waals surface area contributed by atoms with Crippen molar-refractivity contribution in [3.8, 4) is 17.2 Å². The molecule has 0 aliphatic carbocycles. The smallest absolute Gasteiger partial charge is 0.231 e. The van der Waals surface area contributed by atoms with Crippen LogP contribution in [-0.2, 0) is 0 Å². The van der Waals surface area contributed by atoms with Gasteiger partial charge in [0.15, 0.2) is 5.76 Å². The number of methoxy groups -OCH3 is 1. The molecule has 0 amide bonds. The van der Waals surface area contributed by atoms with E-state index in [0.29, 0.717) is 29.4 Å². The average Bonchev–Trinajstić information content (AvgIpc) is 2.84. The summed E-state index contributed by atoms with van der Waals surface area (Å²) in [6.45, 7) is 2.48. The van der Waals surface area contributed by atoms with Crippen LogP contribution in [0.4, 0.5) is 0 Å². The molecule has 22 heavy (non-hydrogen) atoms. The number of fused-ring (bicyclic) bond motifs is 1. The molecular formula is C18H16O4. The first kappa shape index (κ1) is 14.2. The first-order valence-electron chi connectivity index (χ1n) is 7.07. The minimum Gasteiger partial charge on any atom is -0.496 e. The molecule has 2 aromatic rings. The molecule has 0 atom stereocenters. The fourth-order valence-electron chi connectivity index (χ4n) is 2.35. The highest BCUT2D eigenvalue weighted by Gasteiger charge is 2.28. The normalized spacial score (nSPS) is 14.6. The first-order valence-corrected chi connectivity index (χ1v) is 7.07. The highest BCUT2D eigenvalue weighted by atomic mass is 16.5. The van der Waals surface area contributed by atoms with Gasteiger partial charge in [-0.05, 0) is 31.2 Å². The van der Waals surface area contributed by atoms with Crippen molar-refractivity contribution >= 4 is 11.9 Å². The van der Waals surface area contributed by atoms with E-state index in [1.807, 2.05) is 31.2 Å². The summed E-state index contributed by atoms with van der Waals surface area (Å²) in [5.74, 6) is 2.05. The fraction of sp³-hybridized carbons (Fsp3) is 0.167. The van der Waals surface area contributed by atoms with E-state index in [4.69, 9.17) is 14.2 Å². The van der Waals surface area contributed by atoms with E-state index >= 15 is 0 Å². The third kappa shape index (κ3) is 2.55. The number of hydrogen-bond donors (Lipinski definition) is 0. The molecule has 0 spiro atoms. The number of benzene rings is 2. The molecule has 0 saturated carbocycles. The Labute approximate surface area is 128 Å². The maximum atomic E-state index is 12.4. The molecule has 3 rings (SSSR count). The van der Waals surface area contributed by atoms with Crippen LogP contribution in [0.2, 0.25) is 0 Å². The van der Waals surface area contributed by atoms with Crippen LogP contribution in [0.25, 0.3) is 6.08 Å². The number of carbonyl (C=O) groups is 1. The Morgan fingerprint density at radius 2 is 2.00 bits per heavy atom. The zero-order valence-corrected chi connectivity index (χ0v) is 12.5. The third-order valence-corrected chi connectivity index (χ3v) is 3.38. The zero-order chi connectivity index (χ0) is 15.5. The summed E-state index contributed by atoms with van der Waals surface area (Å²) in [6, 6.07) is 12.7. The van der Waals surface area contributed by atoms with Crippen LogP contribution in [0.3, 0.4) is 0 Å². The van der Waals surface area contributed by atoms with E-state index < -0.39 is 0 Å². The topological polar surface area (TPSA) is 44.8 Å². The first-order chi connectivity index (χ1) is 10.7. The standard InChI is InChI=1S/C18H16O4/c1-3-21-13-8-9-14-16(11-13)22-17(18(14)19)10-12-6-4-5-7-15(12)20-2/h4-11H,3H2,1-2H3. The van der Waals surface area contributed by atoms with Gasteiger partial charge >= 0.3 is 0 Å². The SMILES string of the molecule is CCOc1ccc2c(c1)OC(=Cc1ccccc1OC)C2=O. The van der Waals surface area contributed by atoms with Crippen LogP contribution in [0, 0.1) is 0 Å². The van der Waals surface area contributed by atoms with Crippen LogP contribution in [0.5, 0.6) is 17.2 Å². The summed E-state index contributed by atoms with van der Waals surface area (Å²) < 4.78 is 16.4. The van der Waals surface area contributed by atoms with Crippen LogP contribution >= 0.6 is 0 Å². The van der Waals surface area contributed by atoms with Crippen LogP contribution in [0.1, 0.15) is 22.8 Å². The van der Waals surface area contributed by atoms with Gasteiger partial charge in [0, 0.05) is 11.6 Å². The number of carbonyl (C=O) groups excluding carboxylic acids is 1. The van der Waals surface area contributed by atoms with Gasteiger partial charge in [-0.2, -0.15) is 0 Å². The number of para-hydroxylation sites is 1. The fourth-order valence-corrected chi connectivity index (χ4v) is 2.35. The van der Waals surface area contributed by atoms with Crippen molar-refractivity contribution in [1.82, 2.24) is 0 Å². The van der Waals surface area contributed by atoms with Crippen LogP contribution in [-0.4, -0.2) is 19.5 Å². The van der Waals surface area contributed by atoms with Crippen molar-refractivity contribution < 1.29 is 19.0 Å². The summed E-state index contributed by atoms with van der Waals surface area (Å²) in [5.41, 5.74) is 1.34. The Morgan fingerprint density at radius 3 is 2.77 bits per heavy atom. The second-order valence-corrected chi connectivity index (χ2v) is 4.77. The summed E-state index contributed by atoms with van der Waals surface area (Å²) >= 11 is 0. The molecule has 0 radical (unpaired) electrons. The monoisotopic (exact) mass is 296 g/mol. The Morgan fingerprint density at radius 1 is 1.18 bits per heavy atom. The average molecular weight is 296 g/mol. The molecule has 0 fully saturated rings. The highest BCUT2D eigenvalue weighted by molar-refractivity contribution is 6.14. The number of allylic oxidation sites excluding steroid dienone is 1. The summed E-state index contributed by atoms with van der Waals surface area (Å²) in [5, 5.41) is 0. The van der Waals surface area contributed by atoms with Crippen molar-refractivity contribution in [2.45, 2.75) is 6.92 Å². The zero-order valence-electron chi connectivity index (χ0n) is 12.5. The largest absolute Gasteiger partial charge is 0.496 e. The van der Waals surface area contributed by atoms with Crippen molar-refractivity contribution in [2.24, 2.45) is 0 Å². The van der Waals surface area contributed by atoms with Crippen molar-refractivity contribution in [1.29, 1.82) is 0 Å². The van der Waals surface area contributed by atoms with Crippen LogP contribution < -0.4 is 14.2 Å². The molecule has 2 aromatic carbocycles. The van der Waals surface area contributed by atoms with E-state index in [-0.39, 0.29) is 11.5 Å². The van der Waals surface area contributed by atoms with Crippen molar-refractivity contribution in [3.63, 3.8) is 0 Å². The lowest BCUT2D eigenvalue weighted by atomic mass is 10.1. The molecule has 0 aromatic heterocycles. The molecule has 0 unspecified atom stereocenters. The molecule has 0 N–H and O–H groups in total. The molecular weight excluding hydrogens is 280 g/mol. The lowest BCUT2D eigenvalue weighted by Gasteiger charge is -2.05. The molecule has 0 saturated heterocycles. The minimum atomic E-state index is -0.135. The second-order valence-electron chi connectivity index (χ2n) is 4.77. The molecule has 112 valence electrons. The molecule has 1 aliphatic rings. The van der Waals surface area contributed by atoms with Gasteiger partial charge in [-0.15, -0.1) is 0 Å². The molecule has 4 heteroatoms. The van der Waals surface area contributed by atoms with Crippen molar-refractivity contribution in [2.75, 3.05) is 13.7 Å². The Hall–Kier alpha value is -2.75. The predicted octanol–water partition coefficient (Wildman–Crippen LogP) is 3.71. The van der Waals surface area contributed by atoms with Gasteiger partial charge in [-0.25, -0.2) is 0 Å². The lowest BCUT2D eigenvalue weighted by molar-refractivity contribution is 0.101. The molecule has 1 heterocycles. The number of Topliss-reactive ketones (excluding diaryl/α,β-unsaturated/α-hetero) is 1. The number of rotatable bonds is 4. The number of ketones is 1. The number of hydrogen-bond acceptors (Lipinski definition) is 4. The quantitative estimate of drug-likeness (QED) is 0.807. The summed E-state index contributed by atoms with van der Waals surface area (Å²) in [4.78, 5) is 12.4. The Kier molecular flexibility index (Phi) is 3.83. The highest BCUT2D eigenvalue weighted by Crippen LogP contribution is 2.35. The van der Waals surface area contributed by atoms with Gasteiger partial charge in [0.2, 0.25) is 5.78 Å². The maximum absolute atomic E-state index is 12.4. The van der Waals surface area contributed by atoms with Gasteiger partial charge < -0.3 is 14.2 Å². The Balaban J connectivity index is 1.94. The summed E-state index contributed by atoms with van der Waals surface area (Å²) in [7, 11) is 1.60. The van der Waals surface area contributed by atoms with Gasteiger partial charge in [-0.1, -0.05) is 18.2 Å². The van der Waals surface area contributed by atoms with Gasteiger partial charge in [0.25, 0.3) is 0 Å². The summed E-state index contributed by atoms with van der Waals surface area (Å²) in [6.07, 6.45) is 1.70. The molecule has 0 bridgehead atoms. The van der Waals surface area contributed by atoms with E-state index in [1.54, 1.807) is 31.4 Å². The number of ether oxygens (including phenoxy) is 3. The van der Waals surface area contributed by atoms with E-state index in [0.717, 1.165) is 5.56 Å². The lowest BCUT2D eigenvalue weighted by Crippen LogP contribution is -1.98. The minimum absolute atomic E-state index is 0.135. The van der Waals surface area contributed by atoms with E-state index in [2.05, 4.69) is 0 Å². The molecule has 1 aliphatic heterocycles. The third-order valence-electron chi connectivity index (χ3n) is 3.38. The van der Waals surface area contributed by atoms with Gasteiger partial charge in [0.05, 0.1) is 19.3 Å². The molecule has 4 nitrogen and oxygen atoms in total. The van der Waals surface area contributed by atoms with Gasteiger partial charge in [-0.3, -0.25) is 4.79 Å². The maximum Gasteiger partial charge on any atom is 0.231 e. The predicted molar refractivity (Wildman–Crippen MR) is 83.5 cm³/mol. The van der Waals surface area contributed by atoms with E-state index in [1.165, 1.54) is 0 Å². The second kappa shape index (κ2) is 5.93. The van der Waals surface area contributed by atoms with Crippen LogP contribution in [0.15, 0.2) is 48.2 Å². The van der Waals surface area contributed by atoms with Gasteiger partial charge in [0.1, 0.15) is 17.2 Å². The Bertz CT molecular complexity index is 747. The van der Waals surface area contributed by atoms with Crippen molar-refractivity contribution in [3.05, 3.63) is 59.4 Å².